The zero-order chi connectivity index (χ0) is 15.4. The summed E-state index contributed by atoms with van der Waals surface area (Å²) in [5.74, 6) is -0.000122. The van der Waals surface area contributed by atoms with Crippen LogP contribution in [0.1, 0.15) is 25.3 Å². The van der Waals surface area contributed by atoms with E-state index in [4.69, 9.17) is 4.74 Å². The highest BCUT2D eigenvalue weighted by molar-refractivity contribution is 5.83. The molecule has 3 heteroatoms. The maximum absolute atomic E-state index is 11.9. The minimum Gasteiger partial charge on any atom is -0.466 e. The fraction of sp³-hybridized carbons (Fsp3) is 0.421. The van der Waals surface area contributed by atoms with Crippen molar-refractivity contribution < 1.29 is 9.53 Å². The van der Waals surface area contributed by atoms with E-state index in [1.165, 1.54) is 16.3 Å². The lowest BCUT2D eigenvalue weighted by Gasteiger charge is -2.31. The summed E-state index contributed by atoms with van der Waals surface area (Å²) >= 11 is 0. The fourth-order valence-corrected chi connectivity index (χ4v) is 3.25. The van der Waals surface area contributed by atoms with Crippen LogP contribution in [0, 0.1) is 5.92 Å². The Morgan fingerprint density at radius 1 is 1.23 bits per heavy atom. The van der Waals surface area contributed by atoms with Crippen molar-refractivity contribution in [3.8, 4) is 0 Å². The van der Waals surface area contributed by atoms with E-state index in [0.29, 0.717) is 6.61 Å². The molecule has 3 nitrogen and oxygen atoms in total. The highest BCUT2D eigenvalue weighted by Gasteiger charge is 2.26. The summed E-state index contributed by atoms with van der Waals surface area (Å²) in [6, 6.07) is 15.0. The number of esters is 1. The monoisotopic (exact) mass is 297 g/mol. The lowest BCUT2D eigenvalue weighted by molar-refractivity contribution is -0.150. The number of rotatable bonds is 4. The third-order valence-corrected chi connectivity index (χ3v) is 4.35. The Hall–Kier alpha value is -1.87. The van der Waals surface area contributed by atoms with Gasteiger partial charge in [-0.25, -0.2) is 0 Å². The molecule has 0 aliphatic carbocycles. The van der Waals surface area contributed by atoms with Gasteiger partial charge in [-0.2, -0.15) is 0 Å². The van der Waals surface area contributed by atoms with Crippen LogP contribution in [0.2, 0.25) is 0 Å². The molecule has 1 aliphatic heterocycles. The molecular weight excluding hydrogens is 274 g/mol. The summed E-state index contributed by atoms with van der Waals surface area (Å²) in [4.78, 5) is 14.3. The lowest BCUT2D eigenvalue weighted by Crippen LogP contribution is -2.38. The van der Waals surface area contributed by atoms with E-state index in [1.807, 2.05) is 6.92 Å². The molecule has 0 bridgehead atoms. The number of piperidine rings is 1. The second-order valence-corrected chi connectivity index (χ2v) is 6.01. The Balaban J connectivity index is 1.67. The first-order valence-electron chi connectivity index (χ1n) is 8.13. The van der Waals surface area contributed by atoms with Crippen molar-refractivity contribution in [1.29, 1.82) is 0 Å². The number of fused-ring (bicyclic) bond motifs is 1. The first-order valence-corrected chi connectivity index (χ1v) is 8.13. The van der Waals surface area contributed by atoms with Crippen LogP contribution in [-0.4, -0.2) is 30.6 Å². The van der Waals surface area contributed by atoms with E-state index in [0.717, 1.165) is 32.5 Å². The largest absolute Gasteiger partial charge is 0.466 e. The number of likely N-dealkylation sites (tertiary alicyclic amines) is 1. The number of carbonyl (C=O) groups is 1. The molecule has 116 valence electrons. The smallest absolute Gasteiger partial charge is 0.310 e. The van der Waals surface area contributed by atoms with E-state index in [2.05, 4.69) is 47.4 Å². The van der Waals surface area contributed by atoms with Crippen LogP contribution in [0.3, 0.4) is 0 Å². The van der Waals surface area contributed by atoms with E-state index < -0.39 is 0 Å². The van der Waals surface area contributed by atoms with Gasteiger partial charge in [-0.15, -0.1) is 0 Å². The SMILES string of the molecule is CCOC(=O)[C@H]1CCCN(Cc2ccc3ccccc3c2)C1. The standard InChI is InChI=1S/C19H23NO2/c1-2-22-19(21)18-8-5-11-20(14-18)13-15-9-10-16-6-3-4-7-17(16)12-15/h3-4,6-7,9-10,12,18H,2,5,8,11,13-14H2,1H3/t18-/m0/s1. The Bertz CT molecular complexity index is 653. The van der Waals surface area contributed by atoms with Crippen molar-refractivity contribution in [2.75, 3.05) is 19.7 Å². The average Bonchev–Trinajstić information content (AvgIpc) is 2.55. The summed E-state index contributed by atoms with van der Waals surface area (Å²) in [6.07, 6.45) is 2.02. The molecule has 1 saturated heterocycles. The second-order valence-electron chi connectivity index (χ2n) is 6.01. The normalized spacial score (nSPS) is 19.2. The number of carbonyl (C=O) groups excluding carboxylic acids is 1. The zero-order valence-corrected chi connectivity index (χ0v) is 13.1. The van der Waals surface area contributed by atoms with Gasteiger partial charge in [0.05, 0.1) is 12.5 Å². The second kappa shape index (κ2) is 6.93. The van der Waals surface area contributed by atoms with Gasteiger partial charge in [0.25, 0.3) is 0 Å². The van der Waals surface area contributed by atoms with Crippen LogP contribution in [0.25, 0.3) is 10.8 Å². The molecular formula is C19H23NO2. The van der Waals surface area contributed by atoms with Gasteiger partial charge < -0.3 is 4.74 Å². The molecule has 0 unspecified atom stereocenters. The van der Waals surface area contributed by atoms with Crippen molar-refractivity contribution in [1.82, 2.24) is 4.90 Å². The van der Waals surface area contributed by atoms with Crippen LogP contribution in [-0.2, 0) is 16.1 Å². The van der Waals surface area contributed by atoms with Crippen LogP contribution in [0.4, 0.5) is 0 Å². The molecule has 0 amide bonds. The topological polar surface area (TPSA) is 29.5 Å². The Labute approximate surface area is 131 Å². The summed E-state index contributed by atoms with van der Waals surface area (Å²) in [5.41, 5.74) is 1.31. The summed E-state index contributed by atoms with van der Waals surface area (Å²) < 4.78 is 5.17. The number of nitrogens with zero attached hydrogens (tertiary/aromatic N) is 1. The predicted molar refractivity (Wildman–Crippen MR) is 88.6 cm³/mol. The fourth-order valence-electron chi connectivity index (χ4n) is 3.25. The lowest BCUT2D eigenvalue weighted by atomic mass is 9.97. The summed E-state index contributed by atoms with van der Waals surface area (Å²) in [5, 5.41) is 2.55. The molecule has 2 aromatic carbocycles. The third-order valence-electron chi connectivity index (χ3n) is 4.35. The van der Waals surface area contributed by atoms with Crippen LogP contribution >= 0.6 is 0 Å². The van der Waals surface area contributed by atoms with E-state index >= 15 is 0 Å². The Morgan fingerprint density at radius 3 is 2.86 bits per heavy atom. The first kappa shape index (κ1) is 15.0. The predicted octanol–water partition coefficient (Wildman–Crippen LogP) is 3.61. The number of benzene rings is 2. The average molecular weight is 297 g/mol. The highest BCUT2D eigenvalue weighted by atomic mass is 16.5. The molecule has 1 heterocycles. The zero-order valence-electron chi connectivity index (χ0n) is 13.1. The van der Waals surface area contributed by atoms with Crippen molar-refractivity contribution in [3.63, 3.8) is 0 Å². The van der Waals surface area contributed by atoms with Crippen molar-refractivity contribution in [3.05, 3.63) is 48.0 Å². The maximum atomic E-state index is 11.9. The summed E-state index contributed by atoms with van der Waals surface area (Å²) in [6.45, 7) is 5.11. The third kappa shape index (κ3) is 3.47. The molecule has 3 rings (SSSR count). The molecule has 22 heavy (non-hydrogen) atoms. The van der Waals surface area contributed by atoms with Gasteiger partial charge in [0, 0.05) is 13.1 Å². The maximum Gasteiger partial charge on any atom is 0.310 e. The molecule has 0 saturated carbocycles. The van der Waals surface area contributed by atoms with Crippen molar-refractivity contribution >= 4 is 16.7 Å². The van der Waals surface area contributed by atoms with Gasteiger partial charge in [0.1, 0.15) is 0 Å². The van der Waals surface area contributed by atoms with Crippen LogP contribution in [0.15, 0.2) is 42.5 Å². The number of hydrogen-bond acceptors (Lipinski definition) is 3. The number of hydrogen-bond donors (Lipinski definition) is 0. The van der Waals surface area contributed by atoms with E-state index in [-0.39, 0.29) is 11.9 Å². The minimum absolute atomic E-state index is 0.0363. The van der Waals surface area contributed by atoms with Gasteiger partial charge >= 0.3 is 5.97 Å². The van der Waals surface area contributed by atoms with Gasteiger partial charge in [-0.1, -0.05) is 36.4 Å². The van der Waals surface area contributed by atoms with Crippen LogP contribution < -0.4 is 0 Å². The molecule has 1 fully saturated rings. The molecule has 1 atom stereocenters. The molecule has 0 aromatic heterocycles. The molecule has 0 N–H and O–H groups in total. The quantitative estimate of drug-likeness (QED) is 0.807. The first-order chi connectivity index (χ1) is 10.8. The van der Waals surface area contributed by atoms with Crippen molar-refractivity contribution in [2.24, 2.45) is 5.92 Å². The highest BCUT2D eigenvalue weighted by Crippen LogP contribution is 2.22. The number of ether oxygens (including phenoxy) is 1. The van der Waals surface area contributed by atoms with Crippen LogP contribution in [0.5, 0.6) is 0 Å². The Kier molecular flexibility index (Phi) is 4.74. The van der Waals surface area contributed by atoms with Crippen molar-refractivity contribution in [2.45, 2.75) is 26.3 Å². The van der Waals surface area contributed by atoms with Gasteiger partial charge in [0.2, 0.25) is 0 Å². The van der Waals surface area contributed by atoms with Gasteiger partial charge in [0.15, 0.2) is 0 Å². The van der Waals surface area contributed by atoms with E-state index in [9.17, 15) is 4.79 Å². The van der Waals surface area contributed by atoms with Gasteiger partial charge in [-0.05, 0) is 48.7 Å². The molecule has 0 spiro atoms. The molecule has 1 aliphatic rings. The summed E-state index contributed by atoms with van der Waals surface area (Å²) in [7, 11) is 0. The molecule has 2 aromatic rings. The van der Waals surface area contributed by atoms with Gasteiger partial charge in [-0.3, -0.25) is 9.69 Å². The van der Waals surface area contributed by atoms with E-state index in [1.54, 1.807) is 0 Å². The molecule has 0 radical (unpaired) electrons. The minimum atomic E-state index is -0.0364. The Morgan fingerprint density at radius 2 is 2.05 bits per heavy atom.